The quantitative estimate of drug-likeness (QED) is 0.529. The number of hydrogen-bond donors (Lipinski definition) is 0. The predicted molar refractivity (Wildman–Crippen MR) is 104 cm³/mol. The van der Waals surface area contributed by atoms with E-state index in [1.54, 1.807) is 23.4 Å². The van der Waals surface area contributed by atoms with E-state index >= 15 is 0 Å². The molecule has 1 aliphatic rings. The molecule has 29 heavy (non-hydrogen) atoms. The molecule has 3 aromatic heterocycles. The molecular weight excluding hydrogens is 370 g/mol. The molecule has 0 radical (unpaired) electrons. The van der Waals surface area contributed by atoms with Gasteiger partial charge in [0.2, 0.25) is 5.89 Å². The van der Waals surface area contributed by atoms with E-state index < -0.39 is 0 Å². The molecule has 8 heteroatoms. The maximum atomic E-state index is 12.9. The third-order valence-corrected chi connectivity index (χ3v) is 5.15. The molecule has 0 N–H and O–H groups in total. The highest BCUT2D eigenvalue weighted by Gasteiger charge is 2.33. The van der Waals surface area contributed by atoms with Crippen LogP contribution < -0.4 is 0 Å². The zero-order valence-corrected chi connectivity index (χ0v) is 16.1. The fourth-order valence-corrected chi connectivity index (χ4v) is 3.58. The molecule has 1 aromatic carbocycles. The lowest BCUT2D eigenvalue weighted by Crippen LogP contribution is -2.28. The molecule has 5 rings (SSSR count). The molecule has 1 fully saturated rings. The smallest absolute Gasteiger partial charge is 0.289 e. The van der Waals surface area contributed by atoms with Crippen LogP contribution in [0.2, 0.25) is 0 Å². The number of hydrogen-bond acceptors (Lipinski definition) is 7. The lowest BCUT2D eigenvalue weighted by molar-refractivity contribution is 0.0760. The summed E-state index contributed by atoms with van der Waals surface area (Å²) in [6.07, 6.45) is 4.02. The SMILES string of the molecule is Cc1ccc2oc(C(=O)N3CC[C@H](c4nnc(-c5cnc(C)cn5)o4)C3)cc2c1. The Labute approximate surface area is 166 Å². The van der Waals surface area contributed by atoms with Crippen LogP contribution in [0, 0.1) is 13.8 Å². The van der Waals surface area contributed by atoms with Gasteiger partial charge in [0.05, 0.1) is 17.8 Å². The van der Waals surface area contributed by atoms with E-state index in [2.05, 4.69) is 20.2 Å². The van der Waals surface area contributed by atoms with Gasteiger partial charge < -0.3 is 13.7 Å². The minimum atomic E-state index is -0.120. The summed E-state index contributed by atoms with van der Waals surface area (Å²) in [6.45, 7) is 5.00. The predicted octanol–water partition coefficient (Wildman–Crippen LogP) is 3.52. The molecule has 1 aliphatic heterocycles. The lowest BCUT2D eigenvalue weighted by atomic mass is 10.1. The van der Waals surface area contributed by atoms with Gasteiger partial charge in [-0.3, -0.25) is 9.78 Å². The number of carbonyl (C=O) groups excluding carboxylic acids is 1. The Morgan fingerprint density at radius 1 is 1.10 bits per heavy atom. The molecule has 1 amide bonds. The Bertz CT molecular complexity index is 1190. The van der Waals surface area contributed by atoms with Crippen molar-refractivity contribution >= 4 is 16.9 Å². The third-order valence-electron chi connectivity index (χ3n) is 5.15. The number of aryl methyl sites for hydroxylation is 2. The molecule has 146 valence electrons. The summed E-state index contributed by atoms with van der Waals surface area (Å²) in [5, 5.41) is 9.18. The number of furan rings is 1. The second-order valence-corrected chi connectivity index (χ2v) is 7.38. The summed E-state index contributed by atoms with van der Waals surface area (Å²) in [7, 11) is 0. The second kappa shape index (κ2) is 6.80. The van der Waals surface area contributed by atoms with Crippen molar-refractivity contribution in [2.24, 2.45) is 0 Å². The highest BCUT2D eigenvalue weighted by atomic mass is 16.4. The summed E-state index contributed by atoms with van der Waals surface area (Å²) in [4.78, 5) is 23.1. The molecule has 0 saturated carbocycles. The van der Waals surface area contributed by atoms with Crippen molar-refractivity contribution in [3.05, 3.63) is 59.6 Å². The van der Waals surface area contributed by atoms with E-state index in [-0.39, 0.29) is 11.8 Å². The number of nitrogens with zero attached hydrogens (tertiary/aromatic N) is 5. The van der Waals surface area contributed by atoms with Gasteiger partial charge in [-0.05, 0) is 38.5 Å². The number of carbonyl (C=O) groups is 1. The number of amides is 1. The second-order valence-electron chi connectivity index (χ2n) is 7.38. The van der Waals surface area contributed by atoms with Crippen LogP contribution in [0.5, 0.6) is 0 Å². The zero-order valence-electron chi connectivity index (χ0n) is 16.1. The molecule has 1 atom stereocenters. The molecule has 0 spiro atoms. The van der Waals surface area contributed by atoms with Crippen molar-refractivity contribution in [1.82, 2.24) is 25.1 Å². The van der Waals surface area contributed by atoms with Gasteiger partial charge in [0.25, 0.3) is 11.8 Å². The van der Waals surface area contributed by atoms with Gasteiger partial charge >= 0.3 is 0 Å². The minimum absolute atomic E-state index is 0.00905. The van der Waals surface area contributed by atoms with Crippen LogP contribution in [0.25, 0.3) is 22.6 Å². The van der Waals surface area contributed by atoms with Gasteiger partial charge in [0, 0.05) is 24.7 Å². The molecule has 1 saturated heterocycles. The van der Waals surface area contributed by atoms with Crippen LogP contribution in [0.3, 0.4) is 0 Å². The van der Waals surface area contributed by atoms with Crippen molar-refractivity contribution in [2.75, 3.05) is 13.1 Å². The summed E-state index contributed by atoms with van der Waals surface area (Å²) in [5.74, 6) is 1.07. The van der Waals surface area contributed by atoms with E-state index in [1.165, 1.54) is 0 Å². The Morgan fingerprint density at radius 3 is 2.83 bits per heavy atom. The molecule has 4 aromatic rings. The Kier molecular flexibility index (Phi) is 4.12. The van der Waals surface area contributed by atoms with Crippen LogP contribution in [0.1, 0.15) is 40.0 Å². The fraction of sp³-hybridized carbons (Fsp3) is 0.286. The average Bonchev–Trinajstić information content (AvgIpc) is 3.46. The van der Waals surface area contributed by atoms with Crippen molar-refractivity contribution in [3.8, 4) is 11.6 Å². The van der Waals surface area contributed by atoms with E-state index in [4.69, 9.17) is 8.83 Å². The first-order valence-corrected chi connectivity index (χ1v) is 9.49. The summed E-state index contributed by atoms with van der Waals surface area (Å²) < 4.78 is 11.6. The van der Waals surface area contributed by atoms with E-state index in [0.717, 1.165) is 28.6 Å². The number of benzene rings is 1. The van der Waals surface area contributed by atoms with Crippen LogP contribution in [0.15, 0.2) is 45.5 Å². The normalized spacial score (nSPS) is 16.6. The summed E-state index contributed by atoms with van der Waals surface area (Å²) in [5.41, 5.74) is 3.21. The van der Waals surface area contributed by atoms with Gasteiger partial charge in [-0.15, -0.1) is 10.2 Å². The molecule has 4 heterocycles. The van der Waals surface area contributed by atoms with Crippen molar-refractivity contribution < 1.29 is 13.6 Å². The average molecular weight is 389 g/mol. The summed E-state index contributed by atoms with van der Waals surface area (Å²) >= 11 is 0. The van der Waals surface area contributed by atoms with E-state index in [1.807, 2.05) is 32.0 Å². The highest BCUT2D eigenvalue weighted by Crippen LogP contribution is 2.30. The number of rotatable bonds is 3. The molecule has 8 nitrogen and oxygen atoms in total. The topological polar surface area (TPSA) is 98.2 Å². The summed E-state index contributed by atoms with van der Waals surface area (Å²) in [6, 6.07) is 7.68. The van der Waals surface area contributed by atoms with E-state index in [9.17, 15) is 4.79 Å². The molecule has 0 bridgehead atoms. The third kappa shape index (κ3) is 3.26. The van der Waals surface area contributed by atoms with Crippen LogP contribution >= 0.6 is 0 Å². The fourth-order valence-electron chi connectivity index (χ4n) is 3.58. The maximum absolute atomic E-state index is 12.9. The van der Waals surface area contributed by atoms with Gasteiger partial charge in [0.1, 0.15) is 11.3 Å². The maximum Gasteiger partial charge on any atom is 0.289 e. The van der Waals surface area contributed by atoms with Gasteiger partial charge in [-0.25, -0.2) is 4.98 Å². The Morgan fingerprint density at radius 2 is 2.00 bits per heavy atom. The minimum Gasteiger partial charge on any atom is -0.451 e. The molecule has 0 unspecified atom stereocenters. The Hall–Kier alpha value is -3.55. The molecule has 0 aliphatic carbocycles. The van der Waals surface area contributed by atoms with E-state index in [0.29, 0.717) is 36.3 Å². The van der Waals surface area contributed by atoms with Gasteiger partial charge in [0.15, 0.2) is 5.76 Å². The van der Waals surface area contributed by atoms with Crippen molar-refractivity contribution in [2.45, 2.75) is 26.2 Å². The molecular formula is C21H19N5O3. The lowest BCUT2D eigenvalue weighted by Gasteiger charge is -2.13. The van der Waals surface area contributed by atoms with Crippen LogP contribution in [-0.2, 0) is 0 Å². The van der Waals surface area contributed by atoms with Crippen LogP contribution in [-0.4, -0.2) is 44.1 Å². The zero-order chi connectivity index (χ0) is 20.0. The number of fused-ring (bicyclic) bond motifs is 1. The monoisotopic (exact) mass is 389 g/mol. The first-order valence-electron chi connectivity index (χ1n) is 9.49. The first kappa shape index (κ1) is 17.5. The van der Waals surface area contributed by atoms with Gasteiger partial charge in [-0.2, -0.15) is 0 Å². The largest absolute Gasteiger partial charge is 0.451 e. The Balaban J connectivity index is 1.31. The van der Waals surface area contributed by atoms with Crippen LogP contribution in [0.4, 0.5) is 0 Å². The van der Waals surface area contributed by atoms with Gasteiger partial charge in [-0.1, -0.05) is 11.6 Å². The number of likely N-dealkylation sites (tertiary alicyclic amines) is 1. The number of aromatic nitrogens is 4. The highest BCUT2D eigenvalue weighted by molar-refractivity contribution is 5.96. The first-order chi connectivity index (χ1) is 14.1. The van der Waals surface area contributed by atoms with Crippen molar-refractivity contribution in [3.63, 3.8) is 0 Å². The van der Waals surface area contributed by atoms with Crippen molar-refractivity contribution in [1.29, 1.82) is 0 Å². The standard InChI is InChI=1S/C21H19N5O3/c1-12-3-4-17-15(7-12)8-18(28-17)21(27)26-6-5-14(11-26)19-24-25-20(29-19)16-10-22-13(2)9-23-16/h3-4,7-10,14H,5-6,11H2,1-2H3/t14-/m0/s1.